The number of hydrogen-bond donors (Lipinski definition) is 3. The second kappa shape index (κ2) is 8.94. The Balaban J connectivity index is 2.09. The van der Waals surface area contributed by atoms with Gasteiger partial charge < -0.3 is 5.11 Å². The van der Waals surface area contributed by atoms with Crippen LogP contribution < -0.4 is 11.3 Å². The molecule has 0 radical (unpaired) electrons. The van der Waals surface area contributed by atoms with Gasteiger partial charge in [-0.15, -0.1) is 11.3 Å². The molecule has 1 amide bonds. The molecule has 0 saturated carbocycles. The predicted molar refractivity (Wildman–Crippen MR) is 109 cm³/mol. The van der Waals surface area contributed by atoms with Crippen molar-refractivity contribution >= 4 is 17.2 Å². The van der Waals surface area contributed by atoms with Gasteiger partial charge in [0.15, 0.2) is 5.01 Å². The minimum atomic E-state index is -6.06. The lowest BCUT2D eigenvalue weighted by molar-refractivity contribution is -0.376. The van der Waals surface area contributed by atoms with Gasteiger partial charge in [-0.1, -0.05) is 18.2 Å². The number of hydrogen-bond acceptors (Lipinski definition) is 6. The molecule has 0 bridgehead atoms. The molecule has 2 aromatic rings. The number of aromatic nitrogens is 1. The fourth-order valence-electron chi connectivity index (χ4n) is 3.94. The van der Waals surface area contributed by atoms with Gasteiger partial charge in [0.05, 0.1) is 17.1 Å². The van der Waals surface area contributed by atoms with Crippen molar-refractivity contribution in [3.8, 4) is 10.4 Å². The molecule has 1 unspecified atom stereocenters. The fourth-order valence-corrected chi connectivity index (χ4v) is 5.01. The number of nitrogens with one attached hydrogen (secondary N) is 1. The maximum Gasteiger partial charge on any atom is 0.430 e. The van der Waals surface area contributed by atoms with Crippen molar-refractivity contribution in [1.82, 2.24) is 15.3 Å². The number of nitrogens with two attached hydrogens (primary N) is 1. The second-order valence-corrected chi connectivity index (χ2v) is 9.32. The van der Waals surface area contributed by atoms with Crippen molar-refractivity contribution in [3.63, 3.8) is 0 Å². The first-order valence-electron chi connectivity index (χ1n) is 10.0. The first-order chi connectivity index (χ1) is 15.9. The highest BCUT2D eigenvalue weighted by Crippen LogP contribution is 2.50. The quantitative estimate of drug-likeness (QED) is 0.232. The molecule has 0 aliphatic carbocycles. The van der Waals surface area contributed by atoms with E-state index in [0.29, 0.717) is 12.1 Å². The number of aryl methyl sites for hydroxylation is 1. The number of carbonyl (C=O) groups excluding carboxylic acids is 1. The number of amides is 1. The summed E-state index contributed by atoms with van der Waals surface area (Å²) in [6, 6.07) is 1.39. The van der Waals surface area contributed by atoms with Gasteiger partial charge in [-0.05, 0) is 25.0 Å². The molecule has 3 rings (SSSR count). The van der Waals surface area contributed by atoms with Crippen LogP contribution in [0.5, 0.6) is 0 Å². The number of benzene rings is 1. The van der Waals surface area contributed by atoms with Gasteiger partial charge in [0.25, 0.3) is 17.4 Å². The number of rotatable bonds is 5. The zero-order valence-corrected chi connectivity index (χ0v) is 19.0. The molecular weight excluding hydrogens is 512 g/mol. The molecule has 6 nitrogen and oxygen atoms in total. The van der Waals surface area contributed by atoms with Crippen LogP contribution in [0.4, 0.5) is 35.1 Å². The maximum atomic E-state index is 13.8. The molecule has 194 valence electrons. The van der Waals surface area contributed by atoms with E-state index in [1.165, 1.54) is 11.8 Å². The van der Waals surface area contributed by atoms with Gasteiger partial charge in [-0.3, -0.25) is 15.1 Å². The lowest BCUT2D eigenvalue weighted by Crippen LogP contribution is -2.53. The molecule has 1 aromatic heterocycles. The van der Waals surface area contributed by atoms with Crippen LogP contribution in [0.2, 0.25) is 0 Å². The molecule has 1 fully saturated rings. The minimum absolute atomic E-state index is 0.0983. The van der Waals surface area contributed by atoms with Crippen LogP contribution in [-0.2, 0) is 12.1 Å². The number of carbonyl (C=O) groups is 1. The van der Waals surface area contributed by atoms with Gasteiger partial charge >= 0.3 is 12.4 Å². The maximum absolute atomic E-state index is 13.8. The van der Waals surface area contributed by atoms with Crippen molar-refractivity contribution < 1.29 is 45.0 Å². The number of hydrazine groups is 1. The second-order valence-electron chi connectivity index (χ2n) is 8.32. The Labute approximate surface area is 197 Å². The summed E-state index contributed by atoms with van der Waals surface area (Å²) in [5, 5.41) is 9.49. The summed E-state index contributed by atoms with van der Waals surface area (Å²) in [5.74, 6) is 1.35. The van der Waals surface area contributed by atoms with Crippen LogP contribution in [-0.4, -0.2) is 51.8 Å². The number of likely N-dealkylation sites (tertiary alicyclic amines) is 1. The number of alkyl halides is 8. The Hall–Kier alpha value is -2.36. The van der Waals surface area contributed by atoms with E-state index in [1.807, 2.05) is 5.43 Å². The van der Waals surface area contributed by atoms with E-state index < -0.39 is 54.4 Å². The van der Waals surface area contributed by atoms with E-state index in [1.54, 1.807) is 6.92 Å². The molecule has 15 heteroatoms. The first-order valence-corrected chi connectivity index (χ1v) is 10.8. The van der Waals surface area contributed by atoms with Crippen LogP contribution >= 0.6 is 11.3 Å². The fraction of sp³-hybridized carbons (Fsp3) is 0.500. The Morgan fingerprint density at radius 2 is 1.86 bits per heavy atom. The van der Waals surface area contributed by atoms with E-state index in [2.05, 4.69) is 4.98 Å². The van der Waals surface area contributed by atoms with Crippen molar-refractivity contribution in [3.05, 3.63) is 40.0 Å². The van der Waals surface area contributed by atoms with E-state index in [-0.39, 0.29) is 33.3 Å². The summed E-state index contributed by atoms with van der Waals surface area (Å²) >= 11 is 0.744. The Morgan fingerprint density at radius 3 is 2.31 bits per heavy atom. The highest BCUT2D eigenvalue weighted by Gasteiger charge is 2.71. The molecule has 1 aromatic carbocycles. The summed E-state index contributed by atoms with van der Waals surface area (Å²) in [7, 11) is 0. The van der Waals surface area contributed by atoms with Crippen LogP contribution in [0, 0.1) is 6.92 Å². The number of aliphatic hydroxyl groups is 1. The first kappa shape index (κ1) is 27.2. The molecule has 1 aliphatic heterocycles. The molecule has 0 spiro atoms. The van der Waals surface area contributed by atoms with Gasteiger partial charge in [0, 0.05) is 24.6 Å². The highest BCUT2D eigenvalue weighted by molar-refractivity contribution is 7.17. The summed E-state index contributed by atoms with van der Waals surface area (Å²) in [6.45, 7) is 2.03. The predicted octanol–water partition coefficient (Wildman–Crippen LogP) is 4.26. The van der Waals surface area contributed by atoms with Crippen molar-refractivity contribution in [2.75, 3.05) is 6.54 Å². The van der Waals surface area contributed by atoms with Gasteiger partial charge in [0.2, 0.25) is 0 Å². The molecule has 35 heavy (non-hydrogen) atoms. The molecule has 1 atom stereocenters. The van der Waals surface area contributed by atoms with E-state index in [4.69, 9.17) is 5.84 Å². The molecule has 1 aliphatic rings. The third-order valence-corrected chi connectivity index (χ3v) is 6.87. The van der Waals surface area contributed by atoms with Gasteiger partial charge in [-0.25, -0.2) is 19.6 Å². The molecule has 2 heterocycles. The van der Waals surface area contributed by atoms with E-state index in [9.17, 15) is 45.0 Å². The molecule has 4 N–H and O–H groups in total. The standard InChI is InChI=1S/C20H20F8N4O2S/c1-9-5-11(18(34,19(23,24)25)20(26,27)28)3-4-12(9)14-13(30-16(35-14)15(33)31-29)7-32-8-17(21,22)6-10(32)2/h3-5,10,34H,6-8,29H2,1-2H3,(H,31,33). The Bertz CT molecular complexity index is 1100. The number of nitrogen functional groups attached to an aromatic ring is 1. The zero-order chi connectivity index (χ0) is 26.6. The molecular formula is C20H20F8N4O2S. The largest absolute Gasteiger partial charge is 0.430 e. The van der Waals surface area contributed by atoms with Crippen molar-refractivity contribution in [2.24, 2.45) is 5.84 Å². The van der Waals surface area contributed by atoms with E-state index >= 15 is 0 Å². The van der Waals surface area contributed by atoms with Crippen LogP contribution in [0.1, 0.15) is 40.0 Å². The van der Waals surface area contributed by atoms with Crippen LogP contribution in [0.3, 0.4) is 0 Å². The third kappa shape index (κ3) is 4.99. The third-order valence-electron chi connectivity index (χ3n) is 5.74. The zero-order valence-electron chi connectivity index (χ0n) is 18.2. The smallest absolute Gasteiger partial charge is 0.369 e. The lowest BCUT2D eigenvalue weighted by atomic mass is 9.89. The summed E-state index contributed by atoms with van der Waals surface area (Å²) in [6.07, 6.45) is -12.5. The SMILES string of the molecule is Cc1cc(C(O)(C(F)(F)F)C(F)(F)F)ccc1-c1sc(C(=O)NN)nc1CN1CC(F)(F)CC1C. The summed E-state index contributed by atoms with van der Waals surface area (Å²) in [5.41, 5.74) is -4.56. The van der Waals surface area contributed by atoms with Crippen molar-refractivity contribution in [1.29, 1.82) is 0 Å². The van der Waals surface area contributed by atoms with Gasteiger partial charge in [-0.2, -0.15) is 26.3 Å². The topological polar surface area (TPSA) is 91.5 Å². The van der Waals surface area contributed by atoms with Gasteiger partial charge in [0.1, 0.15) is 0 Å². The van der Waals surface area contributed by atoms with Crippen LogP contribution in [0.25, 0.3) is 10.4 Å². The average Bonchev–Trinajstić information content (AvgIpc) is 3.24. The minimum Gasteiger partial charge on any atom is -0.369 e. The summed E-state index contributed by atoms with van der Waals surface area (Å²) < 4.78 is 107. The lowest BCUT2D eigenvalue weighted by Gasteiger charge is -2.33. The normalized spacial score (nSPS) is 19.3. The van der Waals surface area contributed by atoms with E-state index in [0.717, 1.165) is 17.4 Å². The Kier molecular flexibility index (Phi) is 6.96. The number of thiazole rings is 1. The highest BCUT2D eigenvalue weighted by atomic mass is 32.1. The molecule has 1 saturated heterocycles. The average molecular weight is 532 g/mol. The number of halogens is 8. The van der Waals surface area contributed by atoms with Crippen molar-refractivity contribution in [2.45, 2.75) is 56.7 Å². The number of nitrogens with zero attached hydrogens (tertiary/aromatic N) is 2. The summed E-state index contributed by atoms with van der Waals surface area (Å²) in [4.78, 5) is 17.7. The Morgan fingerprint density at radius 1 is 1.26 bits per heavy atom. The van der Waals surface area contributed by atoms with Crippen LogP contribution in [0.15, 0.2) is 18.2 Å². The monoisotopic (exact) mass is 532 g/mol.